The Hall–Kier alpha value is -2.83. The number of hydrogen-bond acceptors (Lipinski definition) is 5. The standard InChI is InChI=1S/C20H27N3O4/c1-6-17-23-16(12-26-17)18(24)21-11-14-7-9-15(10-8-14)13(2)22-19(25)27-20(3,4)5/h7-10,12-13H,6,11H2,1-5H3,(H,21,24)(H,22,25)/t13-/m1/s1. The van der Waals surface area contributed by atoms with E-state index in [4.69, 9.17) is 9.15 Å². The van der Waals surface area contributed by atoms with Crippen molar-refractivity contribution in [2.75, 3.05) is 0 Å². The average molecular weight is 373 g/mol. The average Bonchev–Trinajstić information content (AvgIpc) is 3.07. The smallest absolute Gasteiger partial charge is 0.408 e. The maximum Gasteiger partial charge on any atom is 0.408 e. The van der Waals surface area contributed by atoms with Crippen LogP contribution in [0.3, 0.4) is 0 Å². The van der Waals surface area contributed by atoms with E-state index in [1.165, 1.54) is 6.26 Å². The maximum absolute atomic E-state index is 12.1. The Bertz CT molecular complexity index is 775. The van der Waals surface area contributed by atoms with Crippen molar-refractivity contribution in [1.82, 2.24) is 15.6 Å². The summed E-state index contributed by atoms with van der Waals surface area (Å²) in [6, 6.07) is 7.45. The molecule has 146 valence electrons. The van der Waals surface area contributed by atoms with E-state index in [1.54, 1.807) is 0 Å². The van der Waals surface area contributed by atoms with E-state index in [0.29, 0.717) is 18.9 Å². The normalized spacial score (nSPS) is 12.3. The number of nitrogens with one attached hydrogen (secondary N) is 2. The van der Waals surface area contributed by atoms with E-state index in [-0.39, 0.29) is 17.6 Å². The molecule has 2 rings (SSSR count). The Morgan fingerprint density at radius 3 is 2.44 bits per heavy atom. The molecular formula is C20H27N3O4. The molecule has 27 heavy (non-hydrogen) atoms. The van der Waals surface area contributed by atoms with Crippen molar-refractivity contribution in [2.24, 2.45) is 0 Å². The van der Waals surface area contributed by atoms with Crippen molar-refractivity contribution in [2.45, 2.75) is 59.2 Å². The number of benzene rings is 1. The topological polar surface area (TPSA) is 93.5 Å². The fourth-order valence-corrected chi connectivity index (χ4v) is 2.34. The fourth-order valence-electron chi connectivity index (χ4n) is 2.34. The van der Waals surface area contributed by atoms with Gasteiger partial charge in [0.15, 0.2) is 11.6 Å². The zero-order valence-electron chi connectivity index (χ0n) is 16.5. The summed E-state index contributed by atoms with van der Waals surface area (Å²) >= 11 is 0. The van der Waals surface area contributed by atoms with Gasteiger partial charge < -0.3 is 19.8 Å². The molecule has 0 spiro atoms. The van der Waals surface area contributed by atoms with Crippen LogP contribution in [-0.2, 0) is 17.7 Å². The van der Waals surface area contributed by atoms with Crippen LogP contribution in [0.2, 0.25) is 0 Å². The van der Waals surface area contributed by atoms with E-state index in [1.807, 2.05) is 58.9 Å². The highest BCUT2D eigenvalue weighted by Gasteiger charge is 2.18. The molecule has 2 amide bonds. The number of ether oxygens (including phenoxy) is 1. The van der Waals surface area contributed by atoms with Gasteiger partial charge in [0, 0.05) is 13.0 Å². The second-order valence-corrected chi connectivity index (χ2v) is 7.27. The van der Waals surface area contributed by atoms with Gasteiger partial charge in [0.05, 0.1) is 6.04 Å². The number of rotatable bonds is 6. The molecule has 0 aliphatic carbocycles. The minimum atomic E-state index is -0.534. The van der Waals surface area contributed by atoms with Crippen molar-refractivity contribution < 1.29 is 18.7 Å². The largest absolute Gasteiger partial charge is 0.448 e. The molecule has 0 saturated carbocycles. The summed E-state index contributed by atoms with van der Waals surface area (Å²) in [5.41, 5.74) is 1.63. The minimum absolute atomic E-state index is 0.189. The van der Waals surface area contributed by atoms with Gasteiger partial charge in [-0.2, -0.15) is 0 Å². The van der Waals surface area contributed by atoms with Crippen LogP contribution in [0.1, 0.15) is 68.2 Å². The van der Waals surface area contributed by atoms with Crippen molar-refractivity contribution in [3.05, 3.63) is 53.2 Å². The highest BCUT2D eigenvalue weighted by molar-refractivity contribution is 5.91. The molecule has 1 atom stereocenters. The highest BCUT2D eigenvalue weighted by atomic mass is 16.6. The Morgan fingerprint density at radius 1 is 1.22 bits per heavy atom. The van der Waals surface area contributed by atoms with E-state index in [0.717, 1.165) is 11.1 Å². The summed E-state index contributed by atoms with van der Waals surface area (Å²) in [7, 11) is 0. The summed E-state index contributed by atoms with van der Waals surface area (Å²) in [5, 5.41) is 5.61. The van der Waals surface area contributed by atoms with Gasteiger partial charge >= 0.3 is 6.09 Å². The fraction of sp³-hybridized carbons (Fsp3) is 0.450. The SMILES string of the molecule is CCc1nc(C(=O)NCc2ccc([C@@H](C)NC(=O)OC(C)(C)C)cc2)co1. The van der Waals surface area contributed by atoms with Crippen molar-refractivity contribution in [3.63, 3.8) is 0 Å². The van der Waals surface area contributed by atoms with Gasteiger partial charge in [-0.25, -0.2) is 9.78 Å². The summed E-state index contributed by atoms with van der Waals surface area (Å²) in [6.45, 7) is 9.64. The van der Waals surface area contributed by atoms with Crippen LogP contribution in [0.4, 0.5) is 4.79 Å². The zero-order chi connectivity index (χ0) is 20.0. The second kappa shape index (κ2) is 8.70. The van der Waals surface area contributed by atoms with Crippen LogP contribution >= 0.6 is 0 Å². The molecule has 2 aromatic rings. The van der Waals surface area contributed by atoms with E-state index in [2.05, 4.69) is 15.6 Å². The molecule has 7 heteroatoms. The van der Waals surface area contributed by atoms with Crippen molar-refractivity contribution in [3.8, 4) is 0 Å². The lowest BCUT2D eigenvalue weighted by Gasteiger charge is -2.22. The van der Waals surface area contributed by atoms with Gasteiger partial charge in [-0.15, -0.1) is 0 Å². The molecule has 0 saturated heterocycles. The first kappa shape index (κ1) is 20.5. The number of aromatic nitrogens is 1. The third-order valence-corrected chi connectivity index (χ3v) is 3.75. The first-order valence-corrected chi connectivity index (χ1v) is 8.99. The lowest BCUT2D eigenvalue weighted by molar-refractivity contribution is 0.0507. The molecule has 0 unspecified atom stereocenters. The highest BCUT2D eigenvalue weighted by Crippen LogP contribution is 2.15. The monoisotopic (exact) mass is 373 g/mol. The molecule has 1 aromatic carbocycles. The molecule has 1 heterocycles. The zero-order valence-corrected chi connectivity index (χ0v) is 16.5. The van der Waals surface area contributed by atoms with E-state index >= 15 is 0 Å². The van der Waals surface area contributed by atoms with Gasteiger partial charge in [0.1, 0.15) is 11.9 Å². The van der Waals surface area contributed by atoms with Gasteiger partial charge in [-0.3, -0.25) is 4.79 Å². The Morgan fingerprint density at radius 2 is 1.89 bits per heavy atom. The first-order valence-electron chi connectivity index (χ1n) is 8.99. The van der Waals surface area contributed by atoms with Gasteiger partial charge in [0.25, 0.3) is 5.91 Å². The number of oxazole rings is 1. The minimum Gasteiger partial charge on any atom is -0.448 e. The van der Waals surface area contributed by atoms with Crippen LogP contribution in [0.5, 0.6) is 0 Å². The molecule has 1 aromatic heterocycles. The summed E-state index contributed by atoms with van der Waals surface area (Å²) in [5.74, 6) is 0.262. The molecule has 0 radical (unpaired) electrons. The third-order valence-electron chi connectivity index (χ3n) is 3.75. The summed E-state index contributed by atoms with van der Waals surface area (Å²) in [6.07, 6.45) is 1.55. The van der Waals surface area contributed by atoms with Crippen LogP contribution < -0.4 is 10.6 Å². The lowest BCUT2D eigenvalue weighted by atomic mass is 10.1. The predicted octanol–water partition coefficient (Wildman–Crippen LogP) is 3.75. The van der Waals surface area contributed by atoms with Gasteiger partial charge in [0.2, 0.25) is 0 Å². The summed E-state index contributed by atoms with van der Waals surface area (Å²) in [4.78, 5) is 28.0. The number of carbonyl (C=O) groups excluding carboxylic acids is 2. The predicted molar refractivity (Wildman–Crippen MR) is 101 cm³/mol. The van der Waals surface area contributed by atoms with Gasteiger partial charge in [-0.05, 0) is 38.8 Å². The number of amides is 2. The third kappa shape index (κ3) is 6.44. The van der Waals surface area contributed by atoms with Gasteiger partial charge in [-0.1, -0.05) is 31.2 Å². The van der Waals surface area contributed by atoms with Crippen LogP contribution in [0.25, 0.3) is 0 Å². The Labute approximate surface area is 159 Å². The van der Waals surface area contributed by atoms with Crippen molar-refractivity contribution in [1.29, 1.82) is 0 Å². The van der Waals surface area contributed by atoms with Crippen LogP contribution in [-0.4, -0.2) is 22.6 Å². The molecule has 0 aliphatic heterocycles. The number of carbonyl (C=O) groups is 2. The number of nitrogens with zero attached hydrogens (tertiary/aromatic N) is 1. The molecular weight excluding hydrogens is 346 g/mol. The molecule has 0 fully saturated rings. The molecule has 7 nitrogen and oxygen atoms in total. The maximum atomic E-state index is 12.1. The Balaban J connectivity index is 1.87. The number of aryl methyl sites for hydroxylation is 1. The lowest BCUT2D eigenvalue weighted by Crippen LogP contribution is -2.34. The van der Waals surface area contributed by atoms with Crippen LogP contribution in [0.15, 0.2) is 34.9 Å². The summed E-state index contributed by atoms with van der Waals surface area (Å²) < 4.78 is 10.4. The van der Waals surface area contributed by atoms with Crippen molar-refractivity contribution >= 4 is 12.0 Å². The van der Waals surface area contributed by atoms with E-state index < -0.39 is 11.7 Å². The van der Waals surface area contributed by atoms with E-state index in [9.17, 15) is 9.59 Å². The molecule has 0 aliphatic rings. The molecule has 0 bridgehead atoms. The number of alkyl carbamates (subject to hydrolysis) is 1. The quantitative estimate of drug-likeness (QED) is 0.804. The second-order valence-electron chi connectivity index (χ2n) is 7.27. The first-order chi connectivity index (χ1) is 12.7. The van der Waals surface area contributed by atoms with Crippen LogP contribution in [0, 0.1) is 0 Å². The Kier molecular flexibility index (Phi) is 6.60. The number of hydrogen-bond donors (Lipinski definition) is 2. The molecule has 2 N–H and O–H groups in total.